The van der Waals surface area contributed by atoms with Crippen molar-refractivity contribution in [2.24, 2.45) is 5.73 Å². The van der Waals surface area contributed by atoms with Gasteiger partial charge in [0.1, 0.15) is 0 Å². The van der Waals surface area contributed by atoms with Gasteiger partial charge in [0.15, 0.2) is 0 Å². The zero-order chi connectivity index (χ0) is 14.7. The van der Waals surface area contributed by atoms with Gasteiger partial charge in [0, 0.05) is 18.6 Å². The van der Waals surface area contributed by atoms with Crippen LogP contribution in [0.1, 0.15) is 42.6 Å². The van der Waals surface area contributed by atoms with Gasteiger partial charge >= 0.3 is 0 Å². The molecule has 20 heavy (non-hydrogen) atoms. The largest absolute Gasteiger partial charge is 0.367 e. The second-order valence-electron chi connectivity index (χ2n) is 5.92. The van der Waals surface area contributed by atoms with Gasteiger partial charge in [0.25, 0.3) is 5.91 Å². The molecule has 1 saturated heterocycles. The number of carbonyl (C=O) groups excluding carboxylic acids is 1. The van der Waals surface area contributed by atoms with E-state index in [-0.39, 0.29) is 5.91 Å². The number of anilines is 1. The maximum absolute atomic E-state index is 11.7. The second kappa shape index (κ2) is 6.27. The van der Waals surface area contributed by atoms with Crippen molar-refractivity contribution in [1.82, 2.24) is 5.32 Å². The molecule has 1 fully saturated rings. The quantitative estimate of drug-likeness (QED) is 0.865. The van der Waals surface area contributed by atoms with Crippen molar-refractivity contribution in [3.05, 3.63) is 29.3 Å². The molecule has 1 aromatic carbocycles. The Morgan fingerprint density at radius 1 is 1.50 bits per heavy atom. The fourth-order valence-electron chi connectivity index (χ4n) is 2.82. The lowest BCUT2D eigenvalue weighted by Gasteiger charge is -2.33. The number of carbonyl (C=O) groups is 1. The van der Waals surface area contributed by atoms with Gasteiger partial charge in [0.2, 0.25) is 0 Å². The number of nitrogens with zero attached hydrogens (tertiary/aromatic N) is 1. The molecule has 0 radical (unpaired) electrons. The second-order valence-corrected chi connectivity index (χ2v) is 5.92. The molecule has 1 atom stereocenters. The predicted molar refractivity (Wildman–Crippen MR) is 83.2 cm³/mol. The third-order valence-electron chi connectivity index (χ3n) is 3.93. The van der Waals surface area contributed by atoms with Crippen LogP contribution < -0.4 is 16.0 Å². The standard InChI is InChI=1S/C16H25N3O/c1-11(2)19(10-13-5-4-8-18-13)15-9-12(3)6-7-14(15)16(17)20/h6-7,9,11,13,18H,4-5,8,10H2,1-3H3,(H2,17,20). The molecule has 0 aromatic heterocycles. The topological polar surface area (TPSA) is 58.4 Å². The SMILES string of the molecule is Cc1ccc(C(N)=O)c(N(CC2CCCN2)C(C)C)c1. The highest BCUT2D eigenvalue weighted by Gasteiger charge is 2.23. The molecule has 1 aromatic rings. The van der Waals surface area contributed by atoms with E-state index in [1.165, 1.54) is 12.8 Å². The minimum Gasteiger partial charge on any atom is -0.367 e. The summed E-state index contributed by atoms with van der Waals surface area (Å²) in [5, 5.41) is 3.52. The number of hydrogen-bond donors (Lipinski definition) is 2. The summed E-state index contributed by atoms with van der Waals surface area (Å²) in [5.41, 5.74) is 8.25. The first-order valence-electron chi connectivity index (χ1n) is 7.39. The van der Waals surface area contributed by atoms with Gasteiger partial charge in [0.05, 0.1) is 11.3 Å². The van der Waals surface area contributed by atoms with Crippen molar-refractivity contribution in [1.29, 1.82) is 0 Å². The fraction of sp³-hybridized carbons (Fsp3) is 0.562. The Hall–Kier alpha value is -1.55. The van der Waals surface area contributed by atoms with Gasteiger partial charge in [-0.15, -0.1) is 0 Å². The summed E-state index contributed by atoms with van der Waals surface area (Å²) in [4.78, 5) is 14.0. The molecular formula is C16H25N3O. The number of amides is 1. The number of benzene rings is 1. The van der Waals surface area contributed by atoms with E-state index in [0.29, 0.717) is 17.6 Å². The monoisotopic (exact) mass is 275 g/mol. The summed E-state index contributed by atoms with van der Waals surface area (Å²) in [5.74, 6) is -0.356. The highest BCUT2D eigenvalue weighted by Crippen LogP contribution is 2.25. The van der Waals surface area contributed by atoms with Crippen LogP contribution in [0, 0.1) is 6.92 Å². The highest BCUT2D eigenvalue weighted by molar-refractivity contribution is 5.98. The van der Waals surface area contributed by atoms with Gasteiger partial charge in [-0.1, -0.05) is 6.07 Å². The average Bonchev–Trinajstić information content (AvgIpc) is 2.87. The maximum atomic E-state index is 11.7. The lowest BCUT2D eigenvalue weighted by atomic mass is 10.1. The normalized spacial score (nSPS) is 18.5. The lowest BCUT2D eigenvalue weighted by Crippen LogP contribution is -2.42. The molecule has 1 aliphatic rings. The van der Waals surface area contributed by atoms with E-state index in [4.69, 9.17) is 5.73 Å². The molecule has 110 valence electrons. The van der Waals surface area contributed by atoms with Crippen LogP contribution in [0.4, 0.5) is 5.69 Å². The maximum Gasteiger partial charge on any atom is 0.250 e. The van der Waals surface area contributed by atoms with E-state index in [0.717, 1.165) is 24.3 Å². The van der Waals surface area contributed by atoms with E-state index in [9.17, 15) is 4.79 Å². The first kappa shape index (κ1) is 14.9. The fourth-order valence-corrected chi connectivity index (χ4v) is 2.82. The molecule has 1 heterocycles. The first-order chi connectivity index (χ1) is 9.49. The first-order valence-corrected chi connectivity index (χ1v) is 7.39. The Balaban J connectivity index is 2.32. The van der Waals surface area contributed by atoms with Crippen molar-refractivity contribution in [3.63, 3.8) is 0 Å². The van der Waals surface area contributed by atoms with Crippen molar-refractivity contribution >= 4 is 11.6 Å². The van der Waals surface area contributed by atoms with E-state index >= 15 is 0 Å². The molecule has 4 nitrogen and oxygen atoms in total. The minimum atomic E-state index is -0.356. The summed E-state index contributed by atoms with van der Waals surface area (Å²) in [6.07, 6.45) is 2.42. The van der Waals surface area contributed by atoms with Gasteiger partial charge in [-0.3, -0.25) is 4.79 Å². The van der Waals surface area contributed by atoms with Crippen molar-refractivity contribution < 1.29 is 4.79 Å². The van der Waals surface area contributed by atoms with Gasteiger partial charge in [-0.2, -0.15) is 0 Å². The molecule has 1 amide bonds. The van der Waals surface area contributed by atoms with E-state index < -0.39 is 0 Å². The van der Waals surface area contributed by atoms with Gasteiger partial charge < -0.3 is 16.0 Å². The van der Waals surface area contributed by atoms with E-state index in [2.05, 4.69) is 30.1 Å². The summed E-state index contributed by atoms with van der Waals surface area (Å²) in [6.45, 7) is 8.36. The Bertz CT molecular complexity index is 479. The Labute approximate surface area is 121 Å². The van der Waals surface area contributed by atoms with Crippen molar-refractivity contribution in [2.45, 2.75) is 45.7 Å². The molecule has 0 saturated carbocycles. The van der Waals surface area contributed by atoms with Crippen molar-refractivity contribution in [3.8, 4) is 0 Å². The summed E-state index contributed by atoms with van der Waals surface area (Å²) in [7, 11) is 0. The van der Waals surface area contributed by atoms with Crippen LogP contribution in [-0.4, -0.2) is 31.1 Å². The number of aryl methyl sites for hydroxylation is 1. The molecule has 3 N–H and O–H groups in total. The minimum absolute atomic E-state index is 0.331. The lowest BCUT2D eigenvalue weighted by molar-refractivity contribution is 0.100. The van der Waals surface area contributed by atoms with E-state index in [1.54, 1.807) is 0 Å². The van der Waals surface area contributed by atoms with E-state index in [1.807, 2.05) is 19.1 Å². The van der Waals surface area contributed by atoms with Gasteiger partial charge in [-0.25, -0.2) is 0 Å². The van der Waals surface area contributed by atoms with Crippen LogP contribution in [0.5, 0.6) is 0 Å². The van der Waals surface area contributed by atoms with Crippen LogP contribution >= 0.6 is 0 Å². The molecule has 1 aliphatic heterocycles. The molecular weight excluding hydrogens is 250 g/mol. The van der Waals surface area contributed by atoms with Crippen LogP contribution in [0.15, 0.2) is 18.2 Å². The number of primary amides is 1. The third kappa shape index (κ3) is 3.31. The summed E-state index contributed by atoms with van der Waals surface area (Å²) < 4.78 is 0. The zero-order valence-electron chi connectivity index (χ0n) is 12.6. The molecule has 1 unspecified atom stereocenters. The molecule has 0 spiro atoms. The van der Waals surface area contributed by atoms with Gasteiger partial charge in [-0.05, 0) is 57.9 Å². The smallest absolute Gasteiger partial charge is 0.250 e. The Kier molecular flexibility index (Phi) is 4.65. The summed E-state index contributed by atoms with van der Waals surface area (Å²) >= 11 is 0. The molecule has 4 heteroatoms. The summed E-state index contributed by atoms with van der Waals surface area (Å²) in [6, 6.07) is 6.67. The van der Waals surface area contributed by atoms with Crippen LogP contribution in [0.2, 0.25) is 0 Å². The molecule has 2 rings (SSSR count). The number of nitrogens with one attached hydrogen (secondary N) is 1. The number of rotatable bonds is 5. The molecule has 0 aliphatic carbocycles. The number of hydrogen-bond acceptors (Lipinski definition) is 3. The van der Waals surface area contributed by atoms with Crippen molar-refractivity contribution in [2.75, 3.05) is 18.0 Å². The number of nitrogens with two attached hydrogens (primary N) is 1. The predicted octanol–water partition coefficient (Wildman–Crippen LogP) is 2.06. The van der Waals surface area contributed by atoms with Crippen LogP contribution in [0.25, 0.3) is 0 Å². The van der Waals surface area contributed by atoms with Crippen LogP contribution in [-0.2, 0) is 0 Å². The molecule has 0 bridgehead atoms. The Morgan fingerprint density at radius 3 is 2.80 bits per heavy atom. The zero-order valence-corrected chi connectivity index (χ0v) is 12.6. The third-order valence-corrected chi connectivity index (χ3v) is 3.93. The Morgan fingerprint density at radius 2 is 2.25 bits per heavy atom. The highest BCUT2D eigenvalue weighted by atomic mass is 16.1. The average molecular weight is 275 g/mol. The van der Waals surface area contributed by atoms with Crippen LogP contribution in [0.3, 0.4) is 0 Å².